The van der Waals surface area contributed by atoms with Crippen molar-refractivity contribution in [2.75, 3.05) is 0 Å². The molecule has 0 fully saturated rings. The van der Waals surface area contributed by atoms with Gasteiger partial charge in [0.2, 0.25) is 0 Å². The van der Waals surface area contributed by atoms with Gasteiger partial charge in [0.25, 0.3) is 0 Å². The van der Waals surface area contributed by atoms with E-state index in [2.05, 4.69) is 11.0 Å². The van der Waals surface area contributed by atoms with Crippen molar-refractivity contribution in [1.82, 2.24) is 5.84 Å². The Balaban J connectivity index is 3.20. The second-order valence-electron chi connectivity index (χ2n) is 1.40. The molecule has 0 bridgehead atoms. The van der Waals surface area contributed by atoms with E-state index in [0.29, 0.717) is 5.92 Å². The molecule has 0 spiro atoms. The third-order valence-electron chi connectivity index (χ3n) is 0.323. The van der Waals surface area contributed by atoms with Crippen LogP contribution in [0.2, 0.25) is 0 Å². The molecule has 0 heterocycles. The lowest BCUT2D eigenvalue weighted by atomic mass is 10.3. The smallest absolute Gasteiger partial charge is 0.0452 e. The van der Waals surface area contributed by atoms with E-state index in [9.17, 15) is 0 Å². The lowest BCUT2D eigenvalue weighted by molar-refractivity contribution is 0.862. The van der Waals surface area contributed by atoms with Gasteiger partial charge in [-0.25, -0.2) is 0 Å². The lowest BCUT2D eigenvalue weighted by Crippen LogP contribution is -1.74. The third-order valence-corrected chi connectivity index (χ3v) is 0.323. The maximum absolute atomic E-state index is 6.25. The average molecular weight is 84.1 g/mol. The Morgan fingerprint density at radius 2 is 2.17 bits per heavy atom. The maximum atomic E-state index is 6.25. The molecule has 0 saturated carbocycles. The summed E-state index contributed by atoms with van der Waals surface area (Å²) in [6.07, 6.45) is 0. The second kappa shape index (κ2) is 2.52. The van der Waals surface area contributed by atoms with Gasteiger partial charge in [0, 0.05) is 0 Å². The molecule has 0 atom stereocenters. The summed E-state index contributed by atoms with van der Waals surface area (Å²) in [5.41, 5.74) is 0. The first-order chi connectivity index (χ1) is 2.77. The van der Waals surface area contributed by atoms with E-state index in [0.717, 1.165) is 0 Å². The summed E-state index contributed by atoms with van der Waals surface area (Å²) in [6, 6.07) is 2.50. The molecule has 1 radical (unpaired) electrons. The first-order valence-corrected chi connectivity index (χ1v) is 1.89. The Labute approximate surface area is 37.7 Å². The van der Waals surface area contributed by atoms with E-state index < -0.39 is 0 Å². The Hall–Kier alpha value is -0.710. The van der Waals surface area contributed by atoms with Crippen LogP contribution < -0.4 is 5.84 Å². The minimum Gasteiger partial charge on any atom is -0.0452 e. The summed E-state index contributed by atoms with van der Waals surface area (Å²) in [4.78, 5) is 2.94. The van der Waals surface area contributed by atoms with Crippen LogP contribution in [0.15, 0.2) is 0 Å². The van der Waals surface area contributed by atoms with Crippen LogP contribution in [-0.2, 0) is 0 Å². The molecule has 0 aliphatic heterocycles. The Bertz CT molecular complexity index is 75.3. The van der Waals surface area contributed by atoms with Crippen LogP contribution in [0.3, 0.4) is 0 Å². The number of hydrogen-bond acceptors (Lipinski definition) is 0. The predicted octanol–water partition coefficient (Wildman–Crippen LogP) is 1.17. The van der Waals surface area contributed by atoms with Crippen molar-refractivity contribution in [3.8, 4) is 6.07 Å². The van der Waals surface area contributed by atoms with Gasteiger partial charge in [-0.1, -0.05) is 0 Å². The summed E-state index contributed by atoms with van der Waals surface area (Å²) in [6.45, 7) is 3.86. The molecular weight excluding hydrogens is 76.1 g/mol. The van der Waals surface area contributed by atoms with Crippen LogP contribution in [-0.4, -0.2) is 0 Å². The van der Waals surface area contributed by atoms with Gasteiger partial charge in [-0.3, -0.25) is 0 Å². The van der Waals surface area contributed by atoms with Gasteiger partial charge in [-0.2, -0.15) is 0 Å². The standard InChI is InChI=1S/C4H8N2/c1-4(2)3-6-5/h4-5H,1-2H3/q+1. The second-order valence-corrected chi connectivity index (χ2v) is 1.40. The Kier molecular flexibility index (Phi) is 2.22. The predicted molar refractivity (Wildman–Crippen MR) is 25.2 cm³/mol. The summed E-state index contributed by atoms with van der Waals surface area (Å²) in [5, 5.41) is 0. The van der Waals surface area contributed by atoms with Crippen molar-refractivity contribution in [2.24, 2.45) is 5.92 Å². The molecule has 1 N–H and O–H groups in total. The molecule has 0 aromatic rings. The zero-order valence-electron chi connectivity index (χ0n) is 4.02. The van der Waals surface area contributed by atoms with Gasteiger partial charge in [0.15, 0.2) is 0 Å². The van der Waals surface area contributed by atoms with Crippen molar-refractivity contribution < 1.29 is 0 Å². The SMILES string of the molecule is CC(C)C#[N+][NH]. The van der Waals surface area contributed by atoms with Gasteiger partial charge < -0.3 is 0 Å². The molecule has 0 aromatic heterocycles. The first-order valence-electron chi connectivity index (χ1n) is 1.89. The fourth-order valence-electron chi connectivity index (χ4n) is 0.129. The number of rotatable bonds is 0. The Morgan fingerprint density at radius 1 is 1.67 bits per heavy atom. The molecule has 0 aromatic carbocycles. The topological polar surface area (TPSA) is 28.2 Å². The highest BCUT2D eigenvalue weighted by Crippen LogP contribution is 1.84. The zero-order valence-corrected chi connectivity index (χ0v) is 4.02. The van der Waals surface area contributed by atoms with Crippen LogP contribution in [0.5, 0.6) is 0 Å². The molecule has 2 nitrogen and oxygen atoms in total. The molecule has 2 heteroatoms. The average Bonchev–Trinajstić information content (AvgIpc) is 1.35. The lowest BCUT2D eigenvalue weighted by Gasteiger charge is -1.69. The summed E-state index contributed by atoms with van der Waals surface area (Å²) in [5.74, 6) is 6.54. The Morgan fingerprint density at radius 3 is 2.17 bits per heavy atom. The zero-order chi connectivity index (χ0) is 4.99. The number of nitrogens with zero attached hydrogens (tertiary/aromatic N) is 1. The number of hydrogen-bond donors (Lipinski definition) is 0. The van der Waals surface area contributed by atoms with Crippen molar-refractivity contribution in [3.05, 3.63) is 4.95 Å². The van der Waals surface area contributed by atoms with E-state index in [4.69, 9.17) is 5.84 Å². The highest BCUT2D eigenvalue weighted by Gasteiger charge is 1.89. The summed E-state index contributed by atoms with van der Waals surface area (Å²) in [7, 11) is 0. The quantitative estimate of drug-likeness (QED) is 0.394. The third kappa shape index (κ3) is 3.29. The fourth-order valence-corrected chi connectivity index (χ4v) is 0.129. The van der Waals surface area contributed by atoms with Gasteiger partial charge >= 0.3 is 6.07 Å². The summed E-state index contributed by atoms with van der Waals surface area (Å²) < 4.78 is 0. The largest absolute Gasteiger partial charge is 0.324 e. The van der Waals surface area contributed by atoms with Crippen molar-refractivity contribution in [2.45, 2.75) is 13.8 Å². The van der Waals surface area contributed by atoms with E-state index in [1.165, 1.54) is 0 Å². The van der Waals surface area contributed by atoms with Crippen LogP contribution >= 0.6 is 0 Å². The molecule has 0 rings (SSSR count). The fraction of sp³-hybridized carbons (Fsp3) is 0.750. The van der Waals surface area contributed by atoms with Crippen LogP contribution in [0, 0.1) is 12.0 Å². The molecule has 0 amide bonds. The molecule has 0 aliphatic carbocycles. The van der Waals surface area contributed by atoms with Gasteiger partial charge in [-0.15, -0.1) is 0 Å². The molecular formula is C4H8N2+. The number of nitrogens with one attached hydrogen (secondary N) is 1. The van der Waals surface area contributed by atoms with E-state index >= 15 is 0 Å². The minimum atomic E-state index is 0.294. The first kappa shape index (κ1) is 5.29. The van der Waals surface area contributed by atoms with E-state index in [1.807, 2.05) is 13.8 Å². The molecule has 0 unspecified atom stereocenters. The minimum absolute atomic E-state index is 0.294. The normalized spacial score (nSPS) is 7.17. The van der Waals surface area contributed by atoms with Crippen LogP contribution in [0.4, 0.5) is 0 Å². The maximum Gasteiger partial charge on any atom is 0.324 e. The van der Waals surface area contributed by atoms with Gasteiger partial charge in [0.05, 0.1) is 11.8 Å². The van der Waals surface area contributed by atoms with Crippen LogP contribution in [0.25, 0.3) is 4.95 Å². The highest BCUT2D eigenvalue weighted by atomic mass is 15.1. The molecule has 6 heavy (non-hydrogen) atoms. The molecule has 0 saturated heterocycles. The van der Waals surface area contributed by atoms with Crippen molar-refractivity contribution in [1.29, 1.82) is 0 Å². The van der Waals surface area contributed by atoms with E-state index in [1.54, 1.807) is 0 Å². The van der Waals surface area contributed by atoms with Crippen molar-refractivity contribution >= 4 is 0 Å². The van der Waals surface area contributed by atoms with Crippen LogP contribution in [0.1, 0.15) is 13.8 Å². The molecule has 0 aliphatic rings. The van der Waals surface area contributed by atoms with Crippen molar-refractivity contribution in [3.63, 3.8) is 0 Å². The van der Waals surface area contributed by atoms with E-state index in [-0.39, 0.29) is 0 Å². The van der Waals surface area contributed by atoms with Gasteiger partial charge in [0.1, 0.15) is 4.95 Å². The van der Waals surface area contributed by atoms with Gasteiger partial charge in [-0.05, 0) is 13.8 Å². The monoisotopic (exact) mass is 84.1 g/mol. The summed E-state index contributed by atoms with van der Waals surface area (Å²) >= 11 is 0. The highest BCUT2D eigenvalue weighted by molar-refractivity contribution is 4.84. The molecule has 33 valence electrons.